The molecule has 5 heteroatoms. The van der Waals surface area contributed by atoms with Crippen LogP contribution in [0.1, 0.15) is 5.56 Å². The Morgan fingerprint density at radius 2 is 2.05 bits per heavy atom. The molecule has 4 nitrogen and oxygen atoms in total. The maximum absolute atomic E-state index is 12.0. The predicted octanol–water partition coefficient (Wildman–Crippen LogP) is 2.92. The van der Waals surface area contributed by atoms with Crippen molar-refractivity contribution in [3.8, 4) is 5.75 Å². The summed E-state index contributed by atoms with van der Waals surface area (Å²) in [6.45, 7) is 0.00180. The Balaban J connectivity index is 1.92. The van der Waals surface area contributed by atoms with E-state index in [0.29, 0.717) is 17.2 Å². The molecule has 0 atom stereocenters. The zero-order valence-corrected chi connectivity index (χ0v) is 12.5. The topological polar surface area (TPSA) is 58.6 Å². The van der Waals surface area contributed by atoms with Crippen LogP contribution in [0, 0.1) is 0 Å². The molecule has 0 aliphatic heterocycles. The second-order valence-electron chi connectivity index (χ2n) is 4.34. The number of rotatable bonds is 6. The highest BCUT2D eigenvalue weighted by atomic mass is 32.2. The summed E-state index contributed by atoms with van der Waals surface area (Å²) in [5.74, 6) is 0.837. The second-order valence-corrected chi connectivity index (χ2v) is 5.39. The highest BCUT2D eigenvalue weighted by Gasteiger charge is 2.07. The average molecular weight is 303 g/mol. The van der Waals surface area contributed by atoms with E-state index in [1.165, 1.54) is 11.8 Å². The van der Waals surface area contributed by atoms with Crippen molar-refractivity contribution in [2.45, 2.75) is 11.5 Å². The first-order valence-electron chi connectivity index (χ1n) is 6.48. The maximum Gasteiger partial charge on any atom is 0.234 e. The van der Waals surface area contributed by atoms with Crippen LogP contribution in [0.5, 0.6) is 5.75 Å². The standard InChI is InChI=1S/C16H17NO3S/c1-20-15-8-3-2-7-14(15)17-16(19)11-21-13-6-4-5-12(9-13)10-18/h2-9,18H,10-11H2,1H3,(H,17,19). The van der Waals surface area contributed by atoms with Crippen LogP contribution in [-0.4, -0.2) is 23.9 Å². The molecule has 110 valence electrons. The number of nitrogens with one attached hydrogen (secondary N) is 1. The van der Waals surface area contributed by atoms with Gasteiger partial charge in [0.25, 0.3) is 0 Å². The van der Waals surface area contributed by atoms with E-state index in [1.54, 1.807) is 19.2 Å². The number of aliphatic hydroxyl groups excluding tert-OH is 1. The van der Waals surface area contributed by atoms with Crippen molar-refractivity contribution >= 4 is 23.4 Å². The Labute approximate surface area is 128 Å². The lowest BCUT2D eigenvalue weighted by Crippen LogP contribution is -2.14. The zero-order valence-electron chi connectivity index (χ0n) is 11.7. The molecule has 0 saturated carbocycles. The largest absolute Gasteiger partial charge is 0.495 e. The molecule has 0 bridgehead atoms. The van der Waals surface area contributed by atoms with Crippen molar-refractivity contribution < 1.29 is 14.6 Å². The Hall–Kier alpha value is -1.98. The van der Waals surface area contributed by atoms with Crippen LogP contribution in [0.2, 0.25) is 0 Å². The third-order valence-electron chi connectivity index (χ3n) is 2.83. The van der Waals surface area contributed by atoms with Crippen molar-refractivity contribution in [3.63, 3.8) is 0 Å². The maximum atomic E-state index is 12.0. The first-order chi connectivity index (χ1) is 10.2. The third-order valence-corrected chi connectivity index (χ3v) is 3.83. The summed E-state index contributed by atoms with van der Waals surface area (Å²) in [6, 6.07) is 14.8. The van der Waals surface area contributed by atoms with Crippen molar-refractivity contribution in [2.75, 3.05) is 18.2 Å². The number of anilines is 1. The van der Waals surface area contributed by atoms with Gasteiger partial charge in [-0.15, -0.1) is 11.8 Å². The molecule has 0 fully saturated rings. The molecule has 0 heterocycles. The number of amides is 1. The summed E-state index contributed by atoms with van der Waals surface area (Å²) in [6.07, 6.45) is 0. The minimum absolute atomic E-state index is 0.00180. The number of carbonyl (C=O) groups excluding carboxylic acids is 1. The van der Waals surface area contributed by atoms with E-state index in [1.807, 2.05) is 36.4 Å². The van der Waals surface area contributed by atoms with Gasteiger partial charge in [0.2, 0.25) is 5.91 Å². The average Bonchev–Trinajstić information content (AvgIpc) is 2.53. The van der Waals surface area contributed by atoms with E-state index in [0.717, 1.165) is 10.5 Å². The van der Waals surface area contributed by atoms with Gasteiger partial charge in [-0.1, -0.05) is 24.3 Å². The van der Waals surface area contributed by atoms with Crippen molar-refractivity contribution in [1.29, 1.82) is 0 Å². The van der Waals surface area contributed by atoms with E-state index >= 15 is 0 Å². The monoisotopic (exact) mass is 303 g/mol. The van der Waals surface area contributed by atoms with E-state index < -0.39 is 0 Å². The van der Waals surface area contributed by atoms with Crippen LogP contribution < -0.4 is 10.1 Å². The normalized spacial score (nSPS) is 10.2. The molecule has 0 radical (unpaired) electrons. The van der Waals surface area contributed by atoms with E-state index in [2.05, 4.69) is 5.32 Å². The fraction of sp³-hybridized carbons (Fsp3) is 0.188. The molecular formula is C16H17NO3S. The predicted molar refractivity (Wildman–Crippen MR) is 84.7 cm³/mol. The quantitative estimate of drug-likeness (QED) is 0.806. The van der Waals surface area contributed by atoms with Crippen LogP contribution in [0.3, 0.4) is 0 Å². The highest BCUT2D eigenvalue weighted by molar-refractivity contribution is 8.00. The van der Waals surface area contributed by atoms with Gasteiger partial charge in [-0.05, 0) is 29.8 Å². The van der Waals surface area contributed by atoms with E-state index in [9.17, 15) is 4.79 Å². The van der Waals surface area contributed by atoms with Gasteiger partial charge in [-0.3, -0.25) is 4.79 Å². The fourth-order valence-electron chi connectivity index (χ4n) is 1.82. The molecule has 2 rings (SSSR count). The Morgan fingerprint density at radius 3 is 2.81 bits per heavy atom. The highest BCUT2D eigenvalue weighted by Crippen LogP contribution is 2.24. The van der Waals surface area contributed by atoms with Gasteiger partial charge >= 0.3 is 0 Å². The molecule has 2 aromatic carbocycles. The lowest BCUT2D eigenvalue weighted by atomic mass is 10.2. The molecular weight excluding hydrogens is 286 g/mol. The Kier molecular flexibility index (Phi) is 5.66. The third kappa shape index (κ3) is 4.51. The minimum Gasteiger partial charge on any atom is -0.495 e. The van der Waals surface area contributed by atoms with Gasteiger partial charge in [0.1, 0.15) is 5.75 Å². The van der Waals surface area contributed by atoms with Gasteiger partial charge < -0.3 is 15.2 Å². The van der Waals surface area contributed by atoms with Crippen LogP contribution >= 0.6 is 11.8 Å². The number of para-hydroxylation sites is 2. The van der Waals surface area contributed by atoms with Crippen molar-refractivity contribution in [1.82, 2.24) is 0 Å². The number of aliphatic hydroxyl groups is 1. The Morgan fingerprint density at radius 1 is 1.24 bits per heavy atom. The molecule has 0 unspecified atom stereocenters. The summed E-state index contributed by atoms with van der Waals surface area (Å²) in [7, 11) is 1.57. The number of benzene rings is 2. The molecule has 0 saturated heterocycles. The number of ether oxygens (including phenoxy) is 1. The fourth-order valence-corrected chi connectivity index (χ4v) is 2.60. The summed E-state index contributed by atoms with van der Waals surface area (Å²) in [5, 5.41) is 11.9. The molecule has 2 N–H and O–H groups in total. The SMILES string of the molecule is COc1ccccc1NC(=O)CSc1cccc(CO)c1. The number of carbonyl (C=O) groups is 1. The summed E-state index contributed by atoms with van der Waals surface area (Å²) >= 11 is 1.43. The summed E-state index contributed by atoms with van der Waals surface area (Å²) in [4.78, 5) is 12.9. The van der Waals surface area contributed by atoms with Crippen LogP contribution in [0.4, 0.5) is 5.69 Å². The van der Waals surface area contributed by atoms with Gasteiger partial charge in [0.05, 0.1) is 25.2 Å². The minimum atomic E-state index is -0.0982. The zero-order chi connectivity index (χ0) is 15.1. The number of hydrogen-bond acceptors (Lipinski definition) is 4. The first-order valence-corrected chi connectivity index (χ1v) is 7.47. The molecule has 1 amide bonds. The molecule has 2 aromatic rings. The van der Waals surface area contributed by atoms with Crippen LogP contribution in [0.15, 0.2) is 53.4 Å². The van der Waals surface area contributed by atoms with Gasteiger partial charge in [-0.25, -0.2) is 0 Å². The van der Waals surface area contributed by atoms with E-state index in [-0.39, 0.29) is 12.5 Å². The molecule has 0 aliphatic carbocycles. The first kappa shape index (κ1) is 15.4. The molecule has 0 spiro atoms. The van der Waals surface area contributed by atoms with Crippen molar-refractivity contribution in [2.24, 2.45) is 0 Å². The van der Waals surface area contributed by atoms with Gasteiger partial charge in [0.15, 0.2) is 0 Å². The van der Waals surface area contributed by atoms with Crippen LogP contribution in [0.25, 0.3) is 0 Å². The molecule has 21 heavy (non-hydrogen) atoms. The van der Waals surface area contributed by atoms with Gasteiger partial charge in [-0.2, -0.15) is 0 Å². The summed E-state index contributed by atoms with van der Waals surface area (Å²) < 4.78 is 5.19. The number of methoxy groups -OCH3 is 1. The molecule has 0 aliphatic rings. The number of hydrogen-bond donors (Lipinski definition) is 2. The van der Waals surface area contributed by atoms with E-state index in [4.69, 9.17) is 9.84 Å². The lowest BCUT2D eigenvalue weighted by Gasteiger charge is -2.09. The Bertz CT molecular complexity index is 616. The van der Waals surface area contributed by atoms with Crippen LogP contribution in [-0.2, 0) is 11.4 Å². The van der Waals surface area contributed by atoms with Gasteiger partial charge in [0, 0.05) is 4.90 Å². The van der Waals surface area contributed by atoms with Crippen molar-refractivity contribution in [3.05, 3.63) is 54.1 Å². The second kappa shape index (κ2) is 7.71. The lowest BCUT2D eigenvalue weighted by molar-refractivity contribution is -0.113. The smallest absolute Gasteiger partial charge is 0.234 e. The molecule has 0 aromatic heterocycles. The summed E-state index contributed by atoms with van der Waals surface area (Å²) in [5.41, 5.74) is 1.50. The number of thioether (sulfide) groups is 1.